The van der Waals surface area contributed by atoms with E-state index in [1.54, 1.807) is 6.92 Å². The topological polar surface area (TPSA) is 332 Å². The molecule has 24 atom stereocenters. The molecule has 5 aliphatic carbocycles. The van der Waals surface area contributed by atoms with Crippen molar-refractivity contribution in [3.63, 3.8) is 0 Å². The molecular formula is C47H74O20. The summed E-state index contributed by atoms with van der Waals surface area (Å²) in [6.07, 6.45) is -19.4. The van der Waals surface area contributed by atoms with Crippen LogP contribution in [-0.2, 0) is 38.0 Å². The summed E-state index contributed by atoms with van der Waals surface area (Å²) in [5.74, 6) is -1.89. The largest absolute Gasteiger partial charge is 0.481 e. The Hall–Kier alpha value is -1.96. The number of carboxylic acid groups (broad SMARTS) is 2. The van der Waals surface area contributed by atoms with Crippen LogP contribution in [0.2, 0.25) is 0 Å². The molecule has 3 saturated heterocycles. The number of hydrogen-bond donors (Lipinski definition) is 12. The van der Waals surface area contributed by atoms with Crippen molar-refractivity contribution in [1.82, 2.24) is 0 Å². The van der Waals surface area contributed by atoms with Crippen LogP contribution in [0.3, 0.4) is 0 Å². The van der Waals surface area contributed by atoms with Crippen molar-refractivity contribution in [2.75, 3.05) is 13.2 Å². The number of fused-ring (bicyclic) bond motifs is 7. The third kappa shape index (κ3) is 7.86. The highest BCUT2D eigenvalue weighted by Gasteiger charge is 2.70. The first kappa shape index (κ1) is 51.4. The third-order valence-corrected chi connectivity index (χ3v) is 19.4. The lowest BCUT2D eigenvalue weighted by Gasteiger charge is -2.71. The van der Waals surface area contributed by atoms with Crippen molar-refractivity contribution in [3.05, 3.63) is 11.6 Å². The molecule has 0 amide bonds. The standard InChI is InChI=1S/C47H74O20/c1-42(2)24-9-12-46(6)25(8-7-20-21-17-43(3,40(58)59)13-15-47(21,41(60)61)16-14-45(20,46)5)44(24,4)11-10-26(42)64-38-34(30(53)27(50)22(18-48)62-38)66-39-35(31(54)28(51)23(19-49)63-39)65-37-33(56)29(52)32(55)36(57)67-37/h7,21-39,48-57H,8-19H2,1-6H3,(H,58,59)(H,60,61)/t21-,22-,23-,24-,25+,26+,27-,28-,29-,30+,31+,32-,33-,34-,35-,36-,37-,38+,39+,43+,44+,45-,46-,47+/m1/s1. The van der Waals surface area contributed by atoms with Crippen LogP contribution in [0, 0.1) is 50.2 Å². The van der Waals surface area contributed by atoms with Gasteiger partial charge in [-0.05, 0) is 111 Å². The Morgan fingerprint density at radius 3 is 1.75 bits per heavy atom. The van der Waals surface area contributed by atoms with Crippen molar-refractivity contribution in [2.45, 2.75) is 204 Å². The van der Waals surface area contributed by atoms with Crippen molar-refractivity contribution in [2.24, 2.45) is 50.2 Å². The average Bonchev–Trinajstić information content (AvgIpc) is 3.27. The number of aliphatic carboxylic acids is 2. The number of carboxylic acids is 2. The lowest BCUT2D eigenvalue weighted by atomic mass is 9.33. The summed E-state index contributed by atoms with van der Waals surface area (Å²) in [4.78, 5) is 25.8. The molecule has 20 heteroatoms. The van der Waals surface area contributed by atoms with Gasteiger partial charge in [-0.25, -0.2) is 0 Å². The van der Waals surface area contributed by atoms with Gasteiger partial charge in [0, 0.05) is 0 Å². The number of rotatable bonds is 10. The fourth-order valence-electron chi connectivity index (χ4n) is 14.9. The number of hydrogen-bond acceptors (Lipinski definition) is 18. The zero-order valence-corrected chi connectivity index (χ0v) is 39.2. The fraction of sp³-hybridized carbons (Fsp3) is 0.915. The minimum absolute atomic E-state index is 0.0710. The number of ether oxygens (including phenoxy) is 6. The van der Waals surface area contributed by atoms with Crippen LogP contribution < -0.4 is 0 Å². The molecular weight excluding hydrogens is 884 g/mol. The number of allylic oxidation sites excluding steroid dienone is 2. The molecule has 4 saturated carbocycles. The highest BCUT2D eigenvalue weighted by molar-refractivity contribution is 5.79. The SMILES string of the molecule is CC1(C)[C@@H](O[C@@H]2O[C@H](CO)[C@@H](O)[C@H](O)[C@H]2O[C@@H]2O[C@H](CO)[C@@H](O)[C@H](O)[C@H]2O[C@@H]2O[C@@H](O)[C@H](O)[C@@H](O)[C@H]2O)CC[C@@]2(C)[C@@H]1CC[C@]1(C)[C@H]2CC=C2[C@H]3C[C@@](C)(C(=O)O)CC[C@]3(C(=O)O)CC[C@]21C. The Morgan fingerprint density at radius 1 is 0.612 bits per heavy atom. The number of aliphatic hydroxyl groups is 10. The molecule has 0 spiro atoms. The molecule has 3 heterocycles. The van der Waals surface area contributed by atoms with E-state index in [9.17, 15) is 70.9 Å². The van der Waals surface area contributed by atoms with Crippen LogP contribution in [0.25, 0.3) is 0 Å². The van der Waals surface area contributed by atoms with E-state index in [-0.39, 0.29) is 34.5 Å². The van der Waals surface area contributed by atoms with Crippen LogP contribution >= 0.6 is 0 Å². The monoisotopic (exact) mass is 958 g/mol. The van der Waals surface area contributed by atoms with Gasteiger partial charge >= 0.3 is 11.9 Å². The van der Waals surface area contributed by atoms with Gasteiger partial charge in [0.15, 0.2) is 25.2 Å². The zero-order chi connectivity index (χ0) is 49.1. The van der Waals surface area contributed by atoms with E-state index in [0.29, 0.717) is 44.9 Å². The Morgan fingerprint density at radius 2 is 1.18 bits per heavy atom. The maximum Gasteiger partial charge on any atom is 0.310 e. The predicted octanol–water partition coefficient (Wildman–Crippen LogP) is -0.272. The quantitative estimate of drug-likeness (QED) is 0.0990. The molecule has 382 valence electrons. The molecule has 67 heavy (non-hydrogen) atoms. The molecule has 0 aromatic rings. The van der Waals surface area contributed by atoms with E-state index < -0.39 is 146 Å². The van der Waals surface area contributed by atoms with Gasteiger partial charge in [-0.1, -0.05) is 46.3 Å². The molecule has 0 unspecified atom stereocenters. The van der Waals surface area contributed by atoms with Crippen molar-refractivity contribution in [3.8, 4) is 0 Å². The minimum Gasteiger partial charge on any atom is -0.481 e. The van der Waals surface area contributed by atoms with E-state index in [1.165, 1.54) is 0 Å². The summed E-state index contributed by atoms with van der Waals surface area (Å²) in [5.41, 5.74) is -2.36. The van der Waals surface area contributed by atoms with Crippen LogP contribution in [0.1, 0.15) is 106 Å². The summed E-state index contributed by atoms with van der Waals surface area (Å²) in [6.45, 7) is 11.4. The molecule has 8 aliphatic rings. The van der Waals surface area contributed by atoms with Crippen molar-refractivity contribution >= 4 is 11.9 Å². The van der Waals surface area contributed by atoms with Gasteiger partial charge in [0.1, 0.15) is 67.1 Å². The molecule has 8 rings (SSSR count). The normalized spacial score (nSPS) is 54.1. The Kier molecular flexibility index (Phi) is 13.8. The summed E-state index contributed by atoms with van der Waals surface area (Å²) < 4.78 is 35.9. The van der Waals surface area contributed by atoms with Gasteiger partial charge in [-0.3, -0.25) is 9.59 Å². The molecule has 20 nitrogen and oxygen atoms in total. The first-order chi connectivity index (χ1) is 31.3. The van der Waals surface area contributed by atoms with Gasteiger partial charge in [0.25, 0.3) is 0 Å². The van der Waals surface area contributed by atoms with E-state index in [2.05, 4.69) is 40.7 Å². The lowest BCUT2D eigenvalue weighted by molar-refractivity contribution is -0.406. The molecule has 0 radical (unpaired) electrons. The van der Waals surface area contributed by atoms with E-state index in [1.807, 2.05) is 0 Å². The van der Waals surface area contributed by atoms with Crippen LogP contribution in [-0.4, -0.2) is 185 Å². The van der Waals surface area contributed by atoms with Gasteiger partial charge in [-0.15, -0.1) is 0 Å². The Balaban J connectivity index is 1.06. The highest BCUT2D eigenvalue weighted by Crippen LogP contribution is 2.76. The summed E-state index contributed by atoms with van der Waals surface area (Å²) in [5, 5.41) is 127. The minimum atomic E-state index is -2.04. The lowest BCUT2D eigenvalue weighted by Crippen LogP contribution is -2.68. The second-order valence-corrected chi connectivity index (χ2v) is 22.8. The molecule has 12 N–H and O–H groups in total. The van der Waals surface area contributed by atoms with Crippen molar-refractivity contribution < 1.29 is 99.3 Å². The smallest absolute Gasteiger partial charge is 0.310 e. The highest BCUT2D eigenvalue weighted by atomic mass is 16.8. The van der Waals surface area contributed by atoms with E-state index in [4.69, 9.17) is 28.4 Å². The zero-order valence-electron chi connectivity index (χ0n) is 39.2. The third-order valence-electron chi connectivity index (χ3n) is 19.4. The second kappa shape index (κ2) is 18.0. The summed E-state index contributed by atoms with van der Waals surface area (Å²) in [6, 6.07) is 0. The van der Waals surface area contributed by atoms with Crippen LogP contribution in [0.4, 0.5) is 0 Å². The number of aliphatic hydroxyl groups excluding tert-OH is 10. The van der Waals surface area contributed by atoms with Crippen LogP contribution in [0.5, 0.6) is 0 Å². The van der Waals surface area contributed by atoms with Crippen molar-refractivity contribution in [1.29, 1.82) is 0 Å². The van der Waals surface area contributed by atoms with Gasteiger partial charge < -0.3 is 89.7 Å². The average molecular weight is 959 g/mol. The molecule has 0 aromatic heterocycles. The Bertz CT molecular complexity index is 1880. The van der Waals surface area contributed by atoms with E-state index in [0.717, 1.165) is 18.4 Å². The maximum absolute atomic E-state index is 13.2. The molecule has 0 aromatic carbocycles. The van der Waals surface area contributed by atoms with Gasteiger partial charge in [-0.2, -0.15) is 0 Å². The first-order valence-electron chi connectivity index (χ1n) is 24.0. The molecule has 0 bridgehead atoms. The van der Waals surface area contributed by atoms with Gasteiger partial charge in [0.2, 0.25) is 0 Å². The summed E-state index contributed by atoms with van der Waals surface area (Å²) in [7, 11) is 0. The summed E-state index contributed by atoms with van der Waals surface area (Å²) >= 11 is 0. The predicted molar refractivity (Wildman–Crippen MR) is 228 cm³/mol. The molecule has 7 fully saturated rings. The van der Waals surface area contributed by atoms with Crippen LogP contribution in [0.15, 0.2) is 11.6 Å². The number of carbonyl (C=O) groups is 2. The second-order valence-electron chi connectivity index (χ2n) is 22.8. The van der Waals surface area contributed by atoms with E-state index >= 15 is 0 Å². The Labute approximate surface area is 389 Å². The maximum atomic E-state index is 13.2. The fourth-order valence-corrected chi connectivity index (χ4v) is 14.9. The van der Waals surface area contributed by atoms with Gasteiger partial charge in [0.05, 0.1) is 30.1 Å². The first-order valence-corrected chi connectivity index (χ1v) is 24.0. The molecule has 3 aliphatic heterocycles.